The summed E-state index contributed by atoms with van der Waals surface area (Å²) in [6.45, 7) is 4.38. The van der Waals surface area contributed by atoms with Crippen LogP contribution >= 0.6 is 0 Å². The zero-order valence-electron chi connectivity index (χ0n) is 10.6. The highest BCUT2D eigenvalue weighted by atomic mass is 14.9. The Morgan fingerprint density at radius 1 is 1.35 bits per heavy atom. The molecule has 2 nitrogen and oxygen atoms in total. The van der Waals surface area contributed by atoms with Gasteiger partial charge in [-0.15, -0.1) is 0 Å². The fourth-order valence-electron chi connectivity index (χ4n) is 3.39. The van der Waals surface area contributed by atoms with E-state index >= 15 is 0 Å². The molecule has 1 N–H and O–H groups in total. The third kappa shape index (κ3) is 1.97. The standard InChI is InChI=1S/C15H20N2/c1-10(14-9-12-5-6-13(14)8-12)17-15-4-3-7-16-11(15)2/h3-7,10,12-14,17H,8-9H2,1-2H3. The molecular formula is C15H20N2. The number of pyridine rings is 1. The van der Waals surface area contributed by atoms with Gasteiger partial charge in [0.25, 0.3) is 0 Å². The summed E-state index contributed by atoms with van der Waals surface area (Å²) in [5.74, 6) is 2.45. The van der Waals surface area contributed by atoms with E-state index in [4.69, 9.17) is 0 Å². The van der Waals surface area contributed by atoms with Crippen LogP contribution in [-0.4, -0.2) is 11.0 Å². The van der Waals surface area contributed by atoms with E-state index in [0.717, 1.165) is 23.4 Å². The number of hydrogen-bond acceptors (Lipinski definition) is 2. The van der Waals surface area contributed by atoms with Crippen molar-refractivity contribution < 1.29 is 0 Å². The molecule has 0 aliphatic heterocycles. The number of fused-ring (bicyclic) bond motifs is 2. The Morgan fingerprint density at radius 2 is 2.24 bits per heavy atom. The summed E-state index contributed by atoms with van der Waals surface area (Å²) in [6.07, 6.45) is 9.42. The van der Waals surface area contributed by atoms with Crippen LogP contribution in [0.3, 0.4) is 0 Å². The molecule has 0 saturated heterocycles. The maximum absolute atomic E-state index is 4.33. The molecule has 90 valence electrons. The van der Waals surface area contributed by atoms with Gasteiger partial charge in [0.1, 0.15) is 0 Å². The van der Waals surface area contributed by atoms with E-state index < -0.39 is 0 Å². The van der Waals surface area contributed by atoms with Crippen LogP contribution in [0.1, 0.15) is 25.5 Å². The first kappa shape index (κ1) is 10.8. The molecule has 1 heterocycles. The molecule has 2 bridgehead atoms. The van der Waals surface area contributed by atoms with Gasteiger partial charge in [0.2, 0.25) is 0 Å². The second-order valence-electron chi connectivity index (χ2n) is 5.51. The van der Waals surface area contributed by atoms with Crippen LogP contribution in [0, 0.1) is 24.7 Å². The summed E-state index contributed by atoms with van der Waals surface area (Å²) in [5, 5.41) is 3.64. The Balaban J connectivity index is 1.70. The van der Waals surface area contributed by atoms with Gasteiger partial charge in [-0.3, -0.25) is 4.98 Å². The van der Waals surface area contributed by atoms with Crippen LogP contribution in [0.4, 0.5) is 5.69 Å². The predicted molar refractivity (Wildman–Crippen MR) is 70.9 cm³/mol. The quantitative estimate of drug-likeness (QED) is 0.802. The molecule has 4 unspecified atom stereocenters. The number of aryl methyl sites for hydroxylation is 1. The first-order chi connectivity index (χ1) is 8.24. The molecule has 1 aromatic rings. The summed E-state index contributed by atoms with van der Waals surface area (Å²) in [6, 6.07) is 4.67. The molecule has 2 aliphatic rings. The molecule has 0 aromatic carbocycles. The van der Waals surface area contributed by atoms with Crippen molar-refractivity contribution in [3.63, 3.8) is 0 Å². The Morgan fingerprint density at radius 3 is 2.88 bits per heavy atom. The molecule has 2 aliphatic carbocycles. The summed E-state index contributed by atoms with van der Waals surface area (Å²) in [5.41, 5.74) is 2.28. The highest BCUT2D eigenvalue weighted by Gasteiger charge is 2.38. The zero-order valence-corrected chi connectivity index (χ0v) is 10.6. The molecule has 0 amide bonds. The average molecular weight is 228 g/mol. The van der Waals surface area contributed by atoms with E-state index in [-0.39, 0.29) is 0 Å². The zero-order chi connectivity index (χ0) is 11.8. The fraction of sp³-hybridized carbons (Fsp3) is 0.533. The lowest BCUT2D eigenvalue weighted by Crippen LogP contribution is -2.29. The predicted octanol–water partition coefficient (Wildman–Crippen LogP) is 3.40. The minimum atomic E-state index is 0.540. The maximum Gasteiger partial charge on any atom is 0.0603 e. The van der Waals surface area contributed by atoms with Crippen LogP contribution in [0.15, 0.2) is 30.5 Å². The smallest absolute Gasteiger partial charge is 0.0603 e. The molecule has 1 saturated carbocycles. The van der Waals surface area contributed by atoms with Crippen LogP contribution < -0.4 is 5.32 Å². The molecular weight excluding hydrogens is 208 g/mol. The Bertz CT molecular complexity index is 438. The van der Waals surface area contributed by atoms with E-state index in [1.54, 1.807) is 0 Å². The maximum atomic E-state index is 4.33. The highest BCUT2D eigenvalue weighted by Crippen LogP contribution is 2.45. The monoisotopic (exact) mass is 228 g/mol. The van der Waals surface area contributed by atoms with Crippen LogP contribution in [0.2, 0.25) is 0 Å². The number of aromatic nitrogens is 1. The Labute approximate surface area is 103 Å². The number of rotatable bonds is 3. The first-order valence-electron chi connectivity index (χ1n) is 6.60. The van der Waals surface area contributed by atoms with Crippen molar-refractivity contribution in [2.24, 2.45) is 17.8 Å². The van der Waals surface area contributed by atoms with Gasteiger partial charge in [-0.05, 0) is 56.6 Å². The second kappa shape index (κ2) is 4.17. The fourth-order valence-corrected chi connectivity index (χ4v) is 3.39. The Hall–Kier alpha value is -1.31. The van der Waals surface area contributed by atoms with Gasteiger partial charge >= 0.3 is 0 Å². The van der Waals surface area contributed by atoms with Crippen LogP contribution in [0.5, 0.6) is 0 Å². The molecule has 0 spiro atoms. The molecule has 17 heavy (non-hydrogen) atoms. The van der Waals surface area contributed by atoms with E-state index in [1.807, 2.05) is 12.3 Å². The summed E-state index contributed by atoms with van der Waals surface area (Å²) >= 11 is 0. The lowest BCUT2D eigenvalue weighted by molar-refractivity contribution is 0.399. The largest absolute Gasteiger partial charge is 0.381 e. The van der Waals surface area contributed by atoms with Crippen molar-refractivity contribution in [2.45, 2.75) is 32.7 Å². The van der Waals surface area contributed by atoms with Crippen LogP contribution in [0.25, 0.3) is 0 Å². The van der Waals surface area contributed by atoms with Crippen LogP contribution in [-0.2, 0) is 0 Å². The lowest BCUT2D eigenvalue weighted by atomic mass is 9.87. The van der Waals surface area contributed by atoms with Gasteiger partial charge in [0.15, 0.2) is 0 Å². The number of hydrogen-bond donors (Lipinski definition) is 1. The third-order valence-corrected chi connectivity index (χ3v) is 4.36. The Kier molecular flexibility index (Phi) is 2.65. The lowest BCUT2D eigenvalue weighted by Gasteiger charge is -2.27. The van der Waals surface area contributed by atoms with Gasteiger partial charge in [0, 0.05) is 12.2 Å². The second-order valence-corrected chi connectivity index (χ2v) is 5.51. The van der Waals surface area contributed by atoms with E-state index in [1.165, 1.54) is 18.5 Å². The van der Waals surface area contributed by atoms with Crippen molar-refractivity contribution in [3.05, 3.63) is 36.2 Å². The summed E-state index contributed by atoms with van der Waals surface area (Å²) in [7, 11) is 0. The molecule has 1 fully saturated rings. The van der Waals surface area contributed by atoms with E-state index in [0.29, 0.717) is 6.04 Å². The van der Waals surface area contributed by atoms with E-state index in [9.17, 15) is 0 Å². The normalized spacial score (nSPS) is 31.8. The number of allylic oxidation sites excluding steroid dienone is 2. The number of nitrogens with one attached hydrogen (secondary N) is 1. The van der Waals surface area contributed by atoms with Gasteiger partial charge in [-0.2, -0.15) is 0 Å². The van der Waals surface area contributed by atoms with Crippen molar-refractivity contribution in [3.8, 4) is 0 Å². The molecule has 3 rings (SSSR count). The van der Waals surface area contributed by atoms with E-state index in [2.05, 4.69) is 42.4 Å². The topological polar surface area (TPSA) is 24.9 Å². The minimum absolute atomic E-state index is 0.540. The number of anilines is 1. The molecule has 1 aromatic heterocycles. The third-order valence-electron chi connectivity index (χ3n) is 4.36. The van der Waals surface area contributed by atoms with Gasteiger partial charge in [0.05, 0.1) is 11.4 Å². The average Bonchev–Trinajstić information content (AvgIpc) is 2.94. The van der Waals surface area contributed by atoms with Crippen molar-refractivity contribution in [1.29, 1.82) is 0 Å². The van der Waals surface area contributed by atoms with Crippen molar-refractivity contribution >= 4 is 5.69 Å². The SMILES string of the molecule is Cc1ncccc1NC(C)C1CC2C=CC1C2. The molecule has 4 atom stereocenters. The summed E-state index contributed by atoms with van der Waals surface area (Å²) < 4.78 is 0. The van der Waals surface area contributed by atoms with Gasteiger partial charge in [-0.1, -0.05) is 12.2 Å². The van der Waals surface area contributed by atoms with Crippen molar-refractivity contribution in [1.82, 2.24) is 4.98 Å². The van der Waals surface area contributed by atoms with Crippen molar-refractivity contribution in [2.75, 3.05) is 5.32 Å². The molecule has 2 heteroatoms. The number of nitrogens with zero attached hydrogens (tertiary/aromatic N) is 1. The molecule has 0 radical (unpaired) electrons. The summed E-state index contributed by atoms with van der Waals surface area (Å²) in [4.78, 5) is 4.33. The van der Waals surface area contributed by atoms with Gasteiger partial charge < -0.3 is 5.32 Å². The minimum Gasteiger partial charge on any atom is -0.381 e. The van der Waals surface area contributed by atoms with Gasteiger partial charge in [-0.25, -0.2) is 0 Å². The highest BCUT2D eigenvalue weighted by molar-refractivity contribution is 5.47. The first-order valence-corrected chi connectivity index (χ1v) is 6.60.